The number of hydrogen-bond donors (Lipinski definition) is 1. The first-order valence-corrected chi connectivity index (χ1v) is 9.50. The highest BCUT2D eigenvalue weighted by molar-refractivity contribution is 6.36. The Hall–Kier alpha value is -1.99. The molecule has 150 valence electrons. The number of rotatable bonds is 5. The molecule has 9 heteroatoms. The fourth-order valence-corrected chi connectivity index (χ4v) is 3.72. The summed E-state index contributed by atoms with van der Waals surface area (Å²) in [5, 5.41) is 4.01. The van der Waals surface area contributed by atoms with Crippen LogP contribution in [0.3, 0.4) is 0 Å². The van der Waals surface area contributed by atoms with E-state index in [-0.39, 0.29) is 18.4 Å². The summed E-state index contributed by atoms with van der Waals surface area (Å²) in [4.78, 5) is 18.0. The van der Waals surface area contributed by atoms with Crippen LogP contribution in [0.4, 0.5) is 19.0 Å². The first-order valence-electron chi connectivity index (χ1n) is 8.74. The maximum atomic E-state index is 12.6. The lowest BCUT2D eigenvalue weighted by atomic mass is 10.1. The second kappa shape index (κ2) is 8.57. The minimum absolute atomic E-state index is 0.0849. The summed E-state index contributed by atoms with van der Waals surface area (Å²) in [6.07, 6.45) is -2.20. The molecule has 1 aromatic carbocycles. The fraction of sp³-hybridized carbons (Fsp3) is 0.368. The molecule has 1 fully saturated rings. The zero-order chi connectivity index (χ0) is 20.3. The molecule has 2 aromatic rings. The van der Waals surface area contributed by atoms with Gasteiger partial charge in [0.25, 0.3) is 0 Å². The fourth-order valence-electron chi connectivity index (χ4n) is 3.14. The molecule has 4 nitrogen and oxygen atoms in total. The first-order chi connectivity index (χ1) is 13.2. The summed E-state index contributed by atoms with van der Waals surface area (Å²) in [6.45, 7) is 1.11. The maximum absolute atomic E-state index is 12.6. The monoisotopic (exact) mass is 431 g/mol. The Balaban J connectivity index is 1.51. The van der Waals surface area contributed by atoms with Crippen molar-refractivity contribution in [1.29, 1.82) is 0 Å². The number of alkyl halides is 3. The van der Waals surface area contributed by atoms with E-state index >= 15 is 0 Å². The third-order valence-corrected chi connectivity index (χ3v) is 5.32. The molecule has 3 rings (SSSR count). The van der Waals surface area contributed by atoms with Crippen LogP contribution in [0.1, 0.15) is 24.0 Å². The summed E-state index contributed by atoms with van der Waals surface area (Å²) < 4.78 is 37.9. The van der Waals surface area contributed by atoms with Gasteiger partial charge in [-0.3, -0.25) is 4.79 Å². The molecule has 28 heavy (non-hydrogen) atoms. The molecular weight excluding hydrogens is 414 g/mol. The number of amides is 1. The van der Waals surface area contributed by atoms with Crippen molar-refractivity contribution in [2.45, 2.75) is 31.5 Å². The average Bonchev–Trinajstić information content (AvgIpc) is 3.09. The molecule has 1 amide bonds. The summed E-state index contributed by atoms with van der Waals surface area (Å²) >= 11 is 12.2. The molecular formula is C19H18Cl2F3N3O. The molecule has 0 spiro atoms. The molecule has 0 bridgehead atoms. The van der Waals surface area contributed by atoms with E-state index in [0.717, 1.165) is 17.8 Å². The lowest BCUT2D eigenvalue weighted by molar-refractivity contribution is -0.137. The highest BCUT2D eigenvalue weighted by Crippen LogP contribution is 2.30. The van der Waals surface area contributed by atoms with Crippen LogP contribution in [0.15, 0.2) is 36.5 Å². The van der Waals surface area contributed by atoms with Crippen LogP contribution >= 0.6 is 23.2 Å². The van der Waals surface area contributed by atoms with Gasteiger partial charge in [-0.15, -0.1) is 0 Å². The van der Waals surface area contributed by atoms with E-state index in [1.807, 2.05) is 4.90 Å². The van der Waals surface area contributed by atoms with Gasteiger partial charge in [0, 0.05) is 41.8 Å². The lowest BCUT2D eigenvalue weighted by Crippen LogP contribution is -2.37. The van der Waals surface area contributed by atoms with E-state index < -0.39 is 11.7 Å². The maximum Gasteiger partial charge on any atom is 0.417 e. The van der Waals surface area contributed by atoms with Gasteiger partial charge in [0.1, 0.15) is 5.82 Å². The van der Waals surface area contributed by atoms with Gasteiger partial charge in [-0.2, -0.15) is 13.2 Å². The molecule has 1 aromatic heterocycles. The zero-order valence-corrected chi connectivity index (χ0v) is 16.3. The molecule has 0 aliphatic carbocycles. The van der Waals surface area contributed by atoms with Crippen molar-refractivity contribution < 1.29 is 18.0 Å². The van der Waals surface area contributed by atoms with Gasteiger partial charge < -0.3 is 10.2 Å². The van der Waals surface area contributed by atoms with Gasteiger partial charge in [0.05, 0.1) is 5.56 Å². The van der Waals surface area contributed by atoms with E-state index in [4.69, 9.17) is 23.2 Å². The minimum Gasteiger partial charge on any atom is -0.354 e. The van der Waals surface area contributed by atoms with Gasteiger partial charge in [-0.05, 0) is 42.7 Å². The number of carbonyl (C=O) groups excluding carboxylic acids is 1. The van der Waals surface area contributed by atoms with Gasteiger partial charge in [0.2, 0.25) is 5.91 Å². The standard InChI is InChI=1S/C19H18Cl2F3N3O/c20-15-2-1-3-16(21)14(15)5-7-18(28)26-13-8-9-27(11-13)17-6-4-12(10-25-17)19(22,23)24/h1-4,6,10,13H,5,7-9,11H2,(H,26,28). The van der Waals surface area contributed by atoms with Crippen molar-refractivity contribution in [3.05, 3.63) is 57.7 Å². The zero-order valence-electron chi connectivity index (χ0n) is 14.8. The topological polar surface area (TPSA) is 45.2 Å². The van der Waals surface area contributed by atoms with Crippen LogP contribution in [0.5, 0.6) is 0 Å². The predicted molar refractivity (Wildman–Crippen MR) is 103 cm³/mol. The molecule has 1 aliphatic heterocycles. The molecule has 1 saturated heterocycles. The van der Waals surface area contributed by atoms with Crippen molar-refractivity contribution in [1.82, 2.24) is 10.3 Å². The van der Waals surface area contributed by atoms with Crippen molar-refractivity contribution in [3.63, 3.8) is 0 Å². The van der Waals surface area contributed by atoms with Crippen molar-refractivity contribution in [2.75, 3.05) is 18.0 Å². The number of hydrogen-bond acceptors (Lipinski definition) is 3. The summed E-state index contributed by atoms with van der Waals surface area (Å²) in [5.74, 6) is 0.343. The third kappa shape index (κ3) is 5.08. The molecule has 0 radical (unpaired) electrons. The second-order valence-corrected chi connectivity index (χ2v) is 7.42. The van der Waals surface area contributed by atoms with Crippen LogP contribution in [-0.4, -0.2) is 30.0 Å². The number of halogens is 5. The van der Waals surface area contributed by atoms with Crippen molar-refractivity contribution >= 4 is 34.9 Å². The highest BCUT2D eigenvalue weighted by Gasteiger charge is 2.31. The Morgan fingerprint density at radius 3 is 2.54 bits per heavy atom. The summed E-state index contributed by atoms with van der Waals surface area (Å²) in [5.41, 5.74) is -0.0403. The van der Waals surface area contributed by atoms with Gasteiger partial charge in [0.15, 0.2) is 0 Å². The molecule has 1 N–H and O–H groups in total. The Morgan fingerprint density at radius 1 is 1.21 bits per heavy atom. The van der Waals surface area contributed by atoms with Gasteiger partial charge >= 0.3 is 6.18 Å². The van der Waals surface area contributed by atoms with Crippen LogP contribution < -0.4 is 10.2 Å². The Labute approximate surface area is 170 Å². The van der Waals surface area contributed by atoms with Crippen molar-refractivity contribution in [3.8, 4) is 0 Å². The smallest absolute Gasteiger partial charge is 0.354 e. The molecule has 1 aliphatic rings. The van der Waals surface area contributed by atoms with E-state index in [2.05, 4.69) is 10.3 Å². The highest BCUT2D eigenvalue weighted by atomic mass is 35.5. The number of carbonyl (C=O) groups is 1. The first kappa shape index (κ1) is 20.7. The number of nitrogens with one attached hydrogen (secondary N) is 1. The van der Waals surface area contributed by atoms with E-state index in [1.54, 1.807) is 18.2 Å². The van der Waals surface area contributed by atoms with Gasteiger partial charge in [-0.1, -0.05) is 29.3 Å². The van der Waals surface area contributed by atoms with E-state index in [9.17, 15) is 18.0 Å². The van der Waals surface area contributed by atoms with Crippen LogP contribution in [-0.2, 0) is 17.4 Å². The quantitative estimate of drug-likeness (QED) is 0.743. The van der Waals surface area contributed by atoms with Crippen LogP contribution in [0.2, 0.25) is 10.0 Å². The number of pyridine rings is 1. The Bertz CT molecular complexity index is 823. The minimum atomic E-state index is -4.41. The third-order valence-electron chi connectivity index (χ3n) is 4.62. The van der Waals surface area contributed by atoms with Crippen LogP contribution in [0, 0.1) is 0 Å². The number of anilines is 1. The van der Waals surface area contributed by atoms with Gasteiger partial charge in [-0.25, -0.2) is 4.98 Å². The molecule has 2 heterocycles. The summed E-state index contributed by atoms with van der Waals surface area (Å²) in [7, 11) is 0. The number of nitrogens with zero attached hydrogens (tertiary/aromatic N) is 2. The Kier molecular flexibility index (Phi) is 6.35. The molecule has 1 unspecified atom stereocenters. The van der Waals surface area contributed by atoms with E-state index in [1.165, 1.54) is 6.07 Å². The molecule has 1 atom stereocenters. The molecule has 0 saturated carbocycles. The predicted octanol–water partition coefficient (Wildman–Crippen LogP) is 4.73. The largest absolute Gasteiger partial charge is 0.417 e. The normalized spacial score (nSPS) is 17.0. The number of aromatic nitrogens is 1. The average molecular weight is 432 g/mol. The van der Waals surface area contributed by atoms with Crippen LogP contribution in [0.25, 0.3) is 0 Å². The lowest BCUT2D eigenvalue weighted by Gasteiger charge is -2.18. The van der Waals surface area contributed by atoms with E-state index in [0.29, 0.717) is 41.8 Å². The Morgan fingerprint density at radius 2 is 1.93 bits per heavy atom. The second-order valence-electron chi connectivity index (χ2n) is 6.60. The summed E-state index contributed by atoms with van der Waals surface area (Å²) in [6, 6.07) is 7.49. The van der Waals surface area contributed by atoms with Crippen molar-refractivity contribution in [2.24, 2.45) is 0 Å². The number of benzene rings is 1. The SMILES string of the molecule is O=C(CCc1c(Cl)cccc1Cl)NC1CCN(c2ccc(C(F)(F)F)cn2)C1.